The van der Waals surface area contributed by atoms with E-state index < -0.39 is 6.36 Å². The minimum absolute atomic E-state index is 0.0790. The van der Waals surface area contributed by atoms with Crippen LogP contribution in [-0.4, -0.2) is 59.1 Å². The Morgan fingerprint density at radius 3 is 2.49 bits per heavy atom. The Balaban J connectivity index is 1.22. The zero-order chi connectivity index (χ0) is 24.6. The molecule has 1 aromatic heterocycles. The number of halogens is 3. The highest BCUT2D eigenvalue weighted by Crippen LogP contribution is 2.39. The monoisotopic (exact) mass is 485 g/mol. The van der Waals surface area contributed by atoms with Gasteiger partial charge >= 0.3 is 6.36 Å². The highest BCUT2D eigenvalue weighted by molar-refractivity contribution is 5.94. The molecule has 3 aromatic rings. The number of carbonyl (C=O) groups excluding carboxylic acids is 2. The van der Waals surface area contributed by atoms with Crippen molar-refractivity contribution in [1.82, 2.24) is 14.8 Å². The normalized spacial score (nSPS) is 20.5. The number of nitrogens with one attached hydrogen (secondary N) is 1. The standard InChI is InChI=1S/C26H26F3N3O3/c27-26(28,29)35-20-8-6-18(7-9-20)24(34)32-12-3-10-25(17-32)11-13-31(16-25)23(33)14-19-15-30-22-5-2-1-4-21(19)22/h1-2,4-9,15,30H,3,10-14,16-17H2. The fourth-order valence-corrected chi connectivity index (χ4v) is 5.40. The van der Waals surface area contributed by atoms with Crippen LogP contribution in [0.2, 0.25) is 0 Å². The summed E-state index contributed by atoms with van der Waals surface area (Å²) >= 11 is 0. The highest BCUT2D eigenvalue weighted by atomic mass is 19.4. The average Bonchev–Trinajstić information content (AvgIpc) is 3.43. The van der Waals surface area contributed by atoms with Crippen molar-refractivity contribution in [2.45, 2.75) is 32.0 Å². The number of alkyl halides is 3. The molecule has 1 unspecified atom stereocenters. The number of rotatable bonds is 4. The Kier molecular flexibility index (Phi) is 5.94. The number of benzene rings is 2. The SMILES string of the molecule is O=C(Cc1c[nH]c2ccccc12)N1CCC2(CCCN(C(=O)c3ccc(OC(F)(F)F)cc3)C2)C1. The van der Waals surface area contributed by atoms with E-state index in [0.717, 1.165) is 47.9 Å². The molecule has 2 aromatic carbocycles. The van der Waals surface area contributed by atoms with E-state index >= 15 is 0 Å². The second-order valence-corrected chi connectivity index (χ2v) is 9.50. The molecule has 9 heteroatoms. The van der Waals surface area contributed by atoms with Crippen molar-refractivity contribution in [2.24, 2.45) is 5.41 Å². The molecule has 1 atom stereocenters. The number of nitrogens with zero attached hydrogens (tertiary/aromatic N) is 2. The van der Waals surface area contributed by atoms with Gasteiger partial charge in [-0.2, -0.15) is 0 Å². The second kappa shape index (κ2) is 8.94. The summed E-state index contributed by atoms with van der Waals surface area (Å²) in [4.78, 5) is 33.0. The topological polar surface area (TPSA) is 65.6 Å². The molecule has 2 amide bonds. The van der Waals surface area contributed by atoms with E-state index in [1.54, 1.807) is 4.90 Å². The van der Waals surface area contributed by atoms with Crippen LogP contribution in [0.1, 0.15) is 35.2 Å². The fourth-order valence-electron chi connectivity index (χ4n) is 5.40. The van der Waals surface area contributed by atoms with Gasteiger partial charge in [0.25, 0.3) is 5.91 Å². The fraction of sp³-hybridized carbons (Fsp3) is 0.385. The van der Waals surface area contributed by atoms with Gasteiger partial charge in [0.05, 0.1) is 6.42 Å². The van der Waals surface area contributed by atoms with Gasteiger partial charge < -0.3 is 19.5 Å². The molecule has 6 nitrogen and oxygen atoms in total. The molecule has 35 heavy (non-hydrogen) atoms. The van der Waals surface area contributed by atoms with Crippen LogP contribution in [0.3, 0.4) is 0 Å². The van der Waals surface area contributed by atoms with Crippen molar-refractivity contribution in [1.29, 1.82) is 0 Å². The molecule has 2 fully saturated rings. The van der Waals surface area contributed by atoms with Crippen LogP contribution in [0.15, 0.2) is 54.7 Å². The van der Waals surface area contributed by atoms with Gasteiger partial charge in [-0.25, -0.2) is 0 Å². The lowest BCUT2D eigenvalue weighted by atomic mass is 9.79. The van der Waals surface area contributed by atoms with E-state index in [-0.39, 0.29) is 23.0 Å². The first kappa shape index (κ1) is 23.3. The molecule has 0 radical (unpaired) electrons. The summed E-state index contributed by atoms with van der Waals surface area (Å²) in [6, 6.07) is 12.9. The van der Waals surface area contributed by atoms with Crippen molar-refractivity contribution in [3.63, 3.8) is 0 Å². The molecule has 2 aliphatic rings. The third-order valence-corrected chi connectivity index (χ3v) is 7.09. The van der Waals surface area contributed by atoms with Gasteiger partial charge in [0.1, 0.15) is 5.75 Å². The molecule has 184 valence electrons. The van der Waals surface area contributed by atoms with Gasteiger partial charge in [-0.05, 0) is 55.2 Å². The van der Waals surface area contributed by atoms with Gasteiger partial charge in [0.15, 0.2) is 0 Å². The van der Waals surface area contributed by atoms with Crippen LogP contribution in [0.5, 0.6) is 5.75 Å². The van der Waals surface area contributed by atoms with Crippen LogP contribution in [0.25, 0.3) is 10.9 Å². The molecule has 1 N–H and O–H groups in total. The van der Waals surface area contributed by atoms with E-state index in [1.165, 1.54) is 12.1 Å². The van der Waals surface area contributed by atoms with E-state index in [1.807, 2.05) is 35.4 Å². The smallest absolute Gasteiger partial charge is 0.406 e. The van der Waals surface area contributed by atoms with Gasteiger partial charge in [-0.1, -0.05) is 18.2 Å². The summed E-state index contributed by atoms with van der Waals surface area (Å²) in [5.41, 5.74) is 2.16. The number of ether oxygens (including phenoxy) is 1. The molecule has 3 heterocycles. The molecule has 5 rings (SSSR count). The van der Waals surface area contributed by atoms with Crippen molar-refractivity contribution >= 4 is 22.7 Å². The quantitative estimate of drug-likeness (QED) is 0.579. The lowest BCUT2D eigenvalue weighted by Crippen LogP contribution is -2.47. The molecule has 0 saturated carbocycles. The van der Waals surface area contributed by atoms with Gasteiger partial charge in [-0.3, -0.25) is 9.59 Å². The van der Waals surface area contributed by atoms with Crippen LogP contribution in [-0.2, 0) is 11.2 Å². The van der Waals surface area contributed by atoms with E-state index in [0.29, 0.717) is 38.2 Å². The number of aromatic amines is 1. The largest absolute Gasteiger partial charge is 0.573 e. The maximum atomic E-state index is 13.1. The maximum absolute atomic E-state index is 13.1. The molecule has 0 aliphatic carbocycles. The summed E-state index contributed by atoms with van der Waals surface area (Å²) in [6.07, 6.45) is 0.0343. The zero-order valence-electron chi connectivity index (χ0n) is 19.1. The number of hydrogen-bond acceptors (Lipinski definition) is 3. The van der Waals surface area contributed by atoms with Crippen LogP contribution >= 0.6 is 0 Å². The number of aromatic nitrogens is 1. The number of carbonyl (C=O) groups is 2. The summed E-state index contributed by atoms with van der Waals surface area (Å²) in [5, 5.41) is 1.05. The van der Waals surface area contributed by atoms with Crippen molar-refractivity contribution in [3.05, 3.63) is 65.9 Å². The summed E-state index contributed by atoms with van der Waals surface area (Å²) in [7, 11) is 0. The Morgan fingerprint density at radius 2 is 1.71 bits per heavy atom. The predicted molar refractivity (Wildman–Crippen MR) is 124 cm³/mol. The lowest BCUT2D eigenvalue weighted by Gasteiger charge is -2.40. The Labute approximate surface area is 200 Å². The molecular weight excluding hydrogens is 459 g/mol. The van der Waals surface area contributed by atoms with Crippen LogP contribution in [0.4, 0.5) is 13.2 Å². The first-order chi connectivity index (χ1) is 16.7. The number of para-hydroxylation sites is 1. The first-order valence-corrected chi connectivity index (χ1v) is 11.7. The zero-order valence-corrected chi connectivity index (χ0v) is 19.1. The van der Waals surface area contributed by atoms with Crippen molar-refractivity contribution in [2.75, 3.05) is 26.2 Å². The number of fused-ring (bicyclic) bond motifs is 1. The van der Waals surface area contributed by atoms with E-state index in [2.05, 4.69) is 9.72 Å². The lowest BCUT2D eigenvalue weighted by molar-refractivity contribution is -0.274. The van der Waals surface area contributed by atoms with Gasteiger partial charge in [0, 0.05) is 54.3 Å². The number of likely N-dealkylation sites (tertiary alicyclic amines) is 2. The Bertz CT molecular complexity index is 1240. The van der Waals surface area contributed by atoms with Gasteiger partial charge in [0.2, 0.25) is 5.91 Å². The number of hydrogen-bond donors (Lipinski definition) is 1. The first-order valence-electron chi connectivity index (χ1n) is 11.7. The van der Waals surface area contributed by atoms with Crippen LogP contribution in [0, 0.1) is 5.41 Å². The molecular formula is C26H26F3N3O3. The van der Waals surface area contributed by atoms with Crippen molar-refractivity contribution < 1.29 is 27.5 Å². The van der Waals surface area contributed by atoms with Gasteiger partial charge in [-0.15, -0.1) is 13.2 Å². The molecule has 1 spiro atoms. The average molecular weight is 486 g/mol. The molecule has 0 bridgehead atoms. The molecule has 2 aliphatic heterocycles. The highest BCUT2D eigenvalue weighted by Gasteiger charge is 2.44. The number of H-pyrrole nitrogens is 1. The Hall–Kier alpha value is -3.49. The summed E-state index contributed by atoms with van der Waals surface area (Å²) in [5.74, 6) is -0.495. The summed E-state index contributed by atoms with van der Waals surface area (Å²) in [6.45, 7) is 2.39. The van der Waals surface area contributed by atoms with E-state index in [9.17, 15) is 22.8 Å². The third-order valence-electron chi connectivity index (χ3n) is 7.09. The number of piperidine rings is 1. The Morgan fingerprint density at radius 1 is 0.971 bits per heavy atom. The minimum atomic E-state index is -4.77. The number of amides is 2. The minimum Gasteiger partial charge on any atom is -0.406 e. The second-order valence-electron chi connectivity index (χ2n) is 9.50. The third kappa shape index (κ3) is 4.99. The van der Waals surface area contributed by atoms with Crippen LogP contribution < -0.4 is 4.74 Å². The van der Waals surface area contributed by atoms with Crippen molar-refractivity contribution in [3.8, 4) is 5.75 Å². The molecule has 2 saturated heterocycles. The maximum Gasteiger partial charge on any atom is 0.573 e. The summed E-state index contributed by atoms with van der Waals surface area (Å²) < 4.78 is 41.1. The van der Waals surface area contributed by atoms with E-state index in [4.69, 9.17) is 0 Å². The predicted octanol–water partition coefficient (Wildman–Crippen LogP) is 4.76.